The number of hydrogen-bond acceptors (Lipinski definition) is 6. The zero-order valence-electron chi connectivity index (χ0n) is 14.7. The van der Waals surface area contributed by atoms with Crippen molar-refractivity contribution in [1.82, 2.24) is 4.31 Å². The average molecular weight is 444 g/mol. The SMILES string of the molecule is O=S(=O)(c1ccc(Cl)cc1)[C@@H]1CCN(S(=O)(=O)c2ccc3c(c2)OCCO3)C1. The van der Waals surface area contributed by atoms with Crippen LogP contribution in [0.1, 0.15) is 6.42 Å². The van der Waals surface area contributed by atoms with E-state index in [0.29, 0.717) is 29.7 Å². The van der Waals surface area contributed by atoms with E-state index in [4.69, 9.17) is 21.1 Å². The predicted octanol–water partition coefficient (Wildman–Crippen LogP) is 2.35. The lowest BCUT2D eigenvalue weighted by molar-refractivity contribution is 0.171. The lowest BCUT2D eigenvalue weighted by Gasteiger charge is -2.21. The lowest BCUT2D eigenvalue weighted by Crippen LogP contribution is -2.32. The van der Waals surface area contributed by atoms with Crippen molar-refractivity contribution in [3.05, 3.63) is 47.5 Å². The highest BCUT2D eigenvalue weighted by Gasteiger charge is 2.39. The maximum Gasteiger partial charge on any atom is 0.243 e. The molecule has 150 valence electrons. The second-order valence-corrected chi connectivity index (χ2v) is 11.2. The Morgan fingerprint density at radius 2 is 1.54 bits per heavy atom. The highest BCUT2D eigenvalue weighted by molar-refractivity contribution is 7.92. The van der Waals surface area contributed by atoms with E-state index >= 15 is 0 Å². The van der Waals surface area contributed by atoms with Crippen molar-refractivity contribution in [3.63, 3.8) is 0 Å². The Morgan fingerprint density at radius 3 is 2.25 bits per heavy atom. The van der Waals surface area contributed by atoms with E-state index in [-0.39, 0.29) is 29.3 Å². The second kappa shape index (κ2) is 7.22. The fourth-order valence-corrected chi connectivity index (χ4v) is 6.75. The molecule has 10 heteroatoms. The van der Waals surface area contributed by atoms with Gasteiger partial charge in [-0.15, -0.1) is 0 Å². The molecule has 0 aromatic heterocycles. The van der Waals surface area contributed by atoms with Gasteiger partial charge in [-0.2, -0.15) is 4.31 Å². The van der Waals surface area contributed by atoms with Crippen molar-refractivity contribution in [3.8, 4) is 11.5 Å². The molecule has 2 aliphatic heterocycles. The van der Waals surface area contributed by atoms with Crippen LogP contribution in [0.4, 0.5) is 0 Å². The topological polar surface area (TPSA) is 90.0 Å². The van der Waals surface area contributed by atoms with E-state index < -0.39 is 25.1 Å². The van der Waals surface area contributed by atoms with Crippen LogP contribution in [0.3, 0.4) is 0 Å². The standard InChI is InChI=1S/C18H18ClNO6S2/c19-13-1-3-14(4-2-13)27(21,22)16-7-8-20(12-16)28(23,24)15-5-6-17-18(11-15)26-10-9-25-17/h1-6,11,16H,7-10,12H2/t16-/m1/s1. The Bertz CT molecular complexity index is 1100. The molecule has 1 fully saturated rings. The Kier molecular flexibility index (Phi) is 5.03. The lowest BCUT2D eigenvalue weighted by atomic mass is 10.3. The van der Waals surface area contributed by atoms with Crippen LogP contribution in [-0.4, -0.2) is 52.7 Å². The van der Waals surface area contributed by atoms with E-state index in [0.717, 1.165) is 0 Å². The number of sulfonamides is 1. The van der Waals surface area contributed by atoms with E-state index in [9.17, 15) is 16.8 Å². The summed E-state index contributed by atoms with van der Waals surface area (Å²) in [5.41, 5.74) is 0. The van der Waals surface area contributed by atoms with Gasteiger partial charge in [0, 0.05) is 24.2 Å². The molecule has 7 nitrogen and oxygen atoms in total. The van der Waals surface area contributed by atoms with Crippen LogP contribution in [0.2, 0.25) is 5.02 Å². The average Bonchev–Trinajstić information content (AvgIpc) is 3.20. The first kappa shape index (κ1) is 19.5. The number of sulfone groups is 1. The summed E-state index contributed by atoms with van der Waals surface area (Å²) in [6, 6.07) is 10.3. The van der Waals surface area contributed by atoms with Gasteiger partial charge in [-0.05, 0) is 42.8 Å². The van der Waals surface area contributed by atoms with Gasteiger partial charge in [-0.3, -0.25) is 0 Å². The largest absolute Gasteiger partial charge is 0.486 e. The smallest absolute Gasteiger partial charge is 0.243 e. The summed E-state index contributed by atoms with van der Waals surface area (Å²) in [4.78, 5) is 0.196. The third-order valence-electron chi connectivity index (χ3n) is 4.84. The molecule has 0 amide bonds. The third kappa shape index (κ3) is 3.47. The van der Waals surface area contributed by atoms with Crippen LogP contribution in [0.15, 0.2) is 52.3 Å². The van der Waals surface area contributed by atoms with Gasteiger partial charge in [0.25, 0.3) is 0 Å². The molecule has 0 aliphatic carbocycles. The molecule has 0 unspecified atom stereocenters. The number of rotatable bonds is 4. The van der Waals surface area contributed by atoms with Crippen LogP contribution < -0.4 is 9.47 Å². The fraction of sp³-hybridized carbons (Fsp3) is 0.333. The molecule has 2 aromatic rings. The minimum Gasteiger partial charge on any atom is -0.486 e. The summed E-state index contributed by atoms with van der Waals surface area (Å²) >= 11 is 5.82. The van der Waals surface area contributed by atoms with Gasteiger partial charge in [0.1, 0.15) is 13.2 Å². The minimum absolute atomic E-state index is 0.0568. The Morgan fingerprint density at radius 1 is 0.893 bits per heavy atom. The molecule has 4 rings (SSSR count). The quantitative estimate of drug-likeness (QED) is 0.720. The van der Waals surface area contributed by atoms with E-state index in [2.05, 4.69) is 0 Å². The maximum atomic E-state index is 13.0. The van der Waals surface area contributed by atoms with Crippen molar-refractivity contribution in [1.29, 1.82) is 0 Å². The van der Waals surface area contributed by atoms with Gasteiger partial charge < -0.3 is 9.47 Å². The van der Waals surface area contributed by atoms with Crippen molar-refractivity contribution >= 4 is 31.5 Å². The molecule has 2 heterocycles. The van der Waals surface area contributed by atoms with Crippen LogP contribution in [0.5, 0.6) is 11.5 Å². The summed E-state index contributed by atoms with van der Waals surface area (Å²) < 4.78 is 63.7. The normalized spacial score (nSPS) is 20.2. The number of ether oxygens (including phenoxy) is 2. The van der Waals surface area contributed by atoms with Crippen LogP contribution in [0.25, 0.3) is 0 Å². The third-order valence-corrected chi connectivity index (χ3v) is 9.14. The molecule has 0 saturated carbocycles. The molecule has 1 atom stereocenters. The summed E-state index contributed by atoms with van der Waals surface area (Å²) in [7, 11) is -7.50. The molecule has 2 aliphatic rings. The van der Waals surface area contributed by atoms with Gasteiger partial charge in [0.05, 0.1) is 15.0 Å². The molecular formula is C18H18ClNO6S2. The van der Waals surface area contributed by atoms with Crippen LogP contribution >= 0.6 is 11.6 Å². The van der Waals surface area contributed by atoms with Crippen molar-refractivity contribution in [2.24, 2.45) is 0 Å². The number of halogens is 1. The first-order valence-corrected chi connectivity index (χ1v) is 12.0. The summed E-state index contributed by atoms with van der Waals surface area (Å²) in [6.45, 7) is 0.799. The molecule has 0 N–H and O–H groups in total. The molecule has 0 bridgehead atoms. The zero-order chi connectivity index (χ0) is 19.9. The first-order valence-electron chi connectivity index (χ1n) is 8.68. The van der Waals surface area contributed by atoms with Crippen LogP contribution in [0, 0.1) is 0 Å². The van der Waals surface area contributed by atoms with Crippen molar-refractivity contribution in [2.75, 3.05) is 26.3 Å². The van der Waals surface area contributed by atoms with Gasteiger partial charge in [-0.1, -0.05) is 11.6 Å². The summed E-state index contributed by atoms with van der Waals surface area (Å²) in [5.74, 6) is 0.867. The number of benzene rings is 2. The predicted molar refractivity (Wildman–Crippen MR) is 103 cm³/mol. The highest BCUT2D eigenvalue weighted by Crippen LogP contribution is 2.34. The van der Waals surface area contributed by atoms with Crippen LogP contribution in [-0.2, 0) is 19.9 Å². The summed E-state index contributed by atoms with van der Waals surface area (Å²) in [5, 5.41) is -0.367. The highest BCUT2D eigenvalue weighted by atomic mass is 35.5. The van der Waals surface area contributed by atoms with Gasteiger partial charge >= 0.3 is 0 Å². The molecule has 28 heavy (non-hydrogen) atoms. The van der Waals surface area contributed by atoms with Gasteiger partial charge in [0.2, 0.25) is 10.0 Å². The summed E-state index contributed by atoms with van der Waals surface area (Å²) in [6.07, 6.45) is 0.231. The van der Waals surface area contributed by atoms with Gasteiger partial charge in [-0.25, -0.2) is 16.8 Å². The number of hydrogen-bond donors (Lipinski definition) is 0. The van der Waals surface area contributed by atoms with E-state index in [1.807, 2.05) is 0 Å². The second-order valence-electron chi connectivity index (χ2n) is 6.58. The van der Waals surface area contributed by atoms with Gasteiger partial charge in [0.15, 0.2) is 21.3 Å². The Hall–Kier alpha value is -1.81. The molecule has 0 spiro atoms. The molecule has 1 saturated heterocycles. The first-order chi connectivity index (χ1) is 13.3. The number of nitrogens with zero attached hydrogens (tertiary/aromatic N) is 1. The van der Waals surface area contributed by atoms with Crippen molar-refractivity contribution in [2.45, 2.75) is 21.5 Å². The van der Waals surface area contributed by atoms with E-state index in [1.165, 1.54) is 40.7 Å². The molecular weight excluding hydrogens is 426 g/mol. The molecule has 0 radical (unpaired) electrons. The zero-order valence-corrected chi connectivity index (χ0v) is 17.1. The number of fused-ring (bicyclic) bond motifs is 1. The maximum absolute atomic E-state index is 13.0. The molecule has 2 aromatic carbocycles. The minimum atomic E-state index is -3.84. The monoisotopic (exact) mass is 443 g/mol. The van der Waals surface area contributed by atoms with E-state index in [1.54, 1.807) is 6.07 Å². The van der Waals surface area contributed by atoms with Crippen molar-refractivity contribution < 1.29 is 26.3 Å². The Balaban J connectivity index is 1.57. The Labute approximate surface area is 168 Å². The fourth-order valence-electron chi connectivity index (χ4n) is 3.32.